The van der Waals surface area contributed by atoms with Crippen molar-refractivity contribution < 1.29 is 4.42 Å². The molecule has 1 aromatic heterocycles. The first-order valence-corrected chi connectivity index (χ1v) is 7.06. The van der Waals surface area contributed by atoms with Crippen molar-refractivity contribution in [3.63, 3.8) is 0 Å². The van der Waals surface area contributed by atoms with E-state index < -0.39 is 0 Å². The molecule has 1 atom stereocenters. The standard InChI is InChI=1S/C16H14ClN3O/c1-11(17)15-19-20-16(21-15)18-14-10-6-5-9-13(14)12-7-3-2-4-8-12/h2-11H,1H3,(H,18,20). The highest BCUT2D eigenvalue weighted by atomic mass is 35.5. The van der Waals surface area contributed by atoms with Crippen molar-refractivity contribution in [2.45, 2.75) is 12.3 Å². The number of anilines is 2. The minimum absolute atomic E-state index is 0.308. The van der Waals surface area contributed by atoms with Crippen LogP contribution >= 0.6 is 11.6 Å². The topological polar surface area (TPSA) is 51.0 Å². The van der Waals surface area contributed by atoms with E-state index in [4.69, 9.17) is 16.0 Å². The van der Waals surface area contributed by atoms with E-state index in [1.165, 1.54) is 0 Å². The fraction of sp³-hybridized carbons (Fsp3) is 0.125. The van der Waals surface area contributed by atoms with Crippen LogP contribution in [0.1, 0.15) is 18.2 Å². The van der Waals surface area contributed by atoms with Gasteiger partial charge in [-0.1, -0.05) is 53.6 Å². The van der Waals surface area contributed by atoms with E-state index in [1.807, 2.05) is 42.5 Å². The zero-order valence-corrected chi connectivity index (χ0v) is 12.2. The molecule has 0 aliphatic heterocycles. The van der Waals surface area contributed by atoms with E-state index in [-0.39, 0.29) is 5.38 Å². The Kier molecular flexibility index (Phi) is 3.88. The largest absolute Gasteiger partial charge is 0.406 e. The van der Waals surface area contributed by atoms with Crippen LogP contribution in [0.2, 0.25) is 0 Å². The van der Waals surface area contributed by atoms with Gasteiger partial charge in [-0.25, -0.2) is 0 Å². The second kappa shape index (κ2) is 5.97. The molecule has 2 aromatic carbocycles. The second-order valence-electron chi connectivity index (χ2n) is 4.60. The average Bonchev–Trinajstić information content (AvgIpc) is 2.98. The highest BCUT2D eigenvalue weighted by Gasteiger charge is 2.12. The van der Waals surface area contributed by atoms with E-state index in [0.29, 0.717) is 11.9 Å². The van der Waals surface area contributed by atoms with E-state index in [2.05, 4.69) is 27.6 Å². The molecule has 0 saturated heterocycles. The summed E-state index contributed by atoms with van der Waals surface area (Å²) in [5.41, 5.74) is 3.09. The SMILES string of the molecule is CC(Cl)c1nnc(Nc2ccccc2-c2ccccc2)o1. The van der Waals surface area contributed by atoms with Gasteiger partial charge in [0.15, 0.2) is 0 Å². The van der Waals surface area contributed by atoms with Gasteiger partial charge in [-0.15, -0.1) is 16.7 Å². The minimum atomic E-state index is -0.308. The summed E-state index contributed by atoms with van der Waals surface area (Å²) in [4.78, 5) is 0. The number of nitrogens with one attached hydrogen (secondary N) is 1. The van der Waals surface area contributed by atoms with Gasteiger partial charge in [0.25, 0.3) is 0 Å². The molecule has 3 aromatic rings. The van der Waals surface area contributed by atoms with Gasteiger partial charge in [-0.2, -0.15) is 0 Å². The number of nitrogens with zero attached hydrogens (tertiary/aromatic N) is 2. The van der Waals surface area contributed by atoms with Crippen LogP contribution < -0.4 is 5.32 Å². The minimum Gasteiger partial charge on any atom is -0.406 e. The summed E-state index contributed by atoms with van der Waals surface area (Å²) in [6, 6.07) is 18.4. The molecule has 0 amide bonds. The molecule has 0 radical (unpaired) electrons. The molecule has 0 aliphatic carbocycles. The maximum absolute atomic E-state index is 5.92. The van der Waals surface area contributed by atoms with Crippen LogP contribution in [-0.4, -0.2) is 10.2 Å². The fourth-order valence-corrected chi connectivity index (χ4v) is 2.11. The quantitative estimate of drug-likeness (QED) is 0.704. The molecule has 0 fully saturated rings. The van der Waals surface area contributed by atoms with Crippen LogP contribution in [0.5, 0.6) is 0 Å². The van der Waals surface area contributed by atoms with Crippen molar-refractivity contribution in [1.82, 2.24) is 10.2 Å². The molecule has 0 aliphatic rings. The third-order valence-electron chi connectivity index (χ3n) is 3.03. The van der Waals surface area contributed by atoms with E-state index in [1.54, 1.807) is 6.92 Å². The number of para-hydroxylation sites is 1. The molecule has 21 heavy (non-hydrogen) atoms. The summed E-state index contributed by atoms with van der Waals surface area (Å²) in [7, 11) is 0. The molecule has 0 bridgehead atoms. The van der Waals surface area contributed by atoms with Crippen LogP contribution in [0.25, 0.3) is 11.1 Å². The first-order chi connectivity index (χ1) is 10.2. The number of hydrogen-bond donors (Lipinski definition) is 1. The van der Waals surface area contributed by atoms with Crippen molar-refractivity contribution in [3.8, 4) is 11.1 Å². The van der Waals surface area contributed by atoms with Gasteiger partial charge in [0.1, 0.15) is 5.38 Å². The summed E-state index contributed by atoms with van der Waals surface area (Å²) in [5, 5.41) is 10.7. The van der Waals surface area contributed by atoms with E-state index >= 15 is 0 Å². The van der Waals surface area contributed by atoms with Gasteiger partial charge in [0, 0.05) is 5.56 Å². The predicted octanol–water partition coefficient (Wildman–Crippen LogP) is 4.78. The molecule has 106 valence electrons. The van der Waals surface area contributed by atoms with Crippen LogP contribution in [0.3, 0.4) is 0 Å². The maximum atomic E-state index is 5.92. The van der Waals surface area contributed by atoms with Gasteiger partial charge in [-0.3, -0.25) is 0 Å². The van der Waals surface area contributed by atoms with Crippen LogP contribution in [0, 0.1) is 0 Å². The Balaban J connectivity index is 1.92. The van der Waals surface area contributed by atoms with Gasteiger partial charge < -0.3 is 9.73 Å². The Bertz CT molecular complexity index is 725. The molecule has 0 saturated carbocycles. The van der Waals surface area contributed by atoms with Gasteiger partial charge in [-0.05, 0) is 18.6 Å². The highest BCUT2D eigenvalue weighted by Crippen LogP contribution is 2.30. The lowest BCUT2D eigenvalue weighted by atomic mass is 10.0. The Morgan fingerprint density at radius 1 is 1.00 bits per heavy atom. The lowest BCUT2D eigenvalue weighted by molar-refractivity contribution is 0.510. The summed E-state index contributed by atoms with van der Waals surface area (Å²) >= 11 is 5.92. The van der Waals surface area contributed by atoms with Gasteiger partial charge in [0.2, 0.25) is 5.89 Å². The molecule has 1 unspecified atom stereocenters. The Hall–Kier alpha value is -2.33. The first kappa shape index (κ1) is 13.6. The number of halogens is 1. The maximum Gasteiger partial charge on any atom is 0.320 e. The number of rotatable bonds is 4. The molecule has 5 heteroatoms. The van der Waals surface area contributed by atoms with Crippen LogP contribution in [0.4, 0.5) is 11.7 Å². The normalized spacial score (nSPS) is 12.1. The van der Waals surface area contributed by atoms with E-state index in [0.717, 1.165) is 16.8 Å². The molecule has 1 heterocycles. The van der Waals surface area contributed by atoms with Crippen molar-refractivity contribution in [1.29, 1.82) is 0 Å². The highest BCUT2D eigenvalue weighted by molar-refractivity contribution is 6.20. The second-order valence-corrected chi connectivity index (χ2v) is 5.25. The van der Waals surface area contributed by atoms with Crippen LogP contribution in [0.15, 0.2) is 59.0 Å². The summed E-state index contributed by atoms with van der Waals surface area (Å²) < 4.78 is 5.47. The van der Waals surface area contributed by atoms with Crippen molar-refractivity contribution in [3.05, 3.63) is 60.5 Å². The molecule has 0 spiro atoms. The summed E-state index contributed by atoms with van der Waals surface area (Å²) in [5.74, 6) is 0.399. The Labute approximate surface area is 127 Å². The molecule has 3 rings (SSSR count). The monoisotopic (exact) mass is 299 g/mol. The van der Waals surface area contributed by atoms with Crippen molar-refractivity contribution in [2.24, 2.45) is 0 Å². The fourth-order valence-electron chi connectivity index (χ4n) is 2.02. The molecule has 4 nitrogen and oxygen atoms in total. The Morgan fingerprint density at radius 2 is 1.71 bits per heavy atom. The predicted molar refractivity (Wildman–Crippen MR) is 83.7 cm³/mol. The number of aromatic nitrogens is 2. The average molecular weight is 300 g/mol. The van der Waals surface area contributed by atoms with Crippen molar-refractivity contribution >= 4 is 23.3 Å². The van der Waals surface area contributed by atoms with Gasteiger partial charge in [0.05, 0.1) is 5.69 Å². The summed E-state index contributed by atoms with van der Waals surface area (Å²) in [6.07, 6.45) is 0. The number of hydrogen-bond acceptors (Lipinski definition) is 4. The van der Waals surface area contributed by atoms with Crippen molar-refractivity contribution in [2.75, 3.05) is 5.32 Å². The lowest BCUT2D eigenvalue weighted by Gasteiger charge is -2.09. The zero-order valence-electron chi connectivity index (χ0n) is 11.5. The summed E-state index contributed by atoms with van der Waals surface area (Å²) in [6.45, 7) is 1.79. The number of benzene rings is 2. The molecular weight excluding hydrogens is 286 g/mol. The third-order valence-corrected chi connectivity index (χ3v) is 3.22. The molecular formula is C16H14ClN3O. The van der Waals surface area contributed by atoms with Gasteiger partial charge >= 0.3 is 6.01 Å². The van der Waals surface area contributed by atoms with E-state index in [9.17, 15) is 0 Å². The van der Waals surface area contributed by atoms with Crippen LogP contribution in [-0.2, 0) is 0 Å². The smallest absolute Gasteiger partial charge is 0.320 e. The number of alkyl halides is 1. The lowest BCUT2D eigenvalue weighted by Crippen LogP contribution is -1.93. The zero-order chi connectivity index (χ0) is 14.7. The molecule has 1 N–H and O–H groups in total. The third kappa shape index (κ3) is 3.06. The Morgan fingerprint density at radius 3 is 2.43 bits per heavy atom. The first-order valence-electron chi connectivity index (χ1n) is 6.63.